The first-order valence-corrected chi connectivity index (χ1v) is 10.7. The number of benzene rings is 3. The zero-order valence-corrected chi connectivity index (χ0v) is 17.5. The number of alkyl halides is 1. The van der Waals surface area contributed by atoms with E-state index in [9.17, 15) is 9.59 Å². The molecule has 5 heteroatoms. The highest BCUT2D eigenvalue weighted by Gasteiger charge is 2.68. The smallest absolute Gasteiger partial charge is 0.240 e. The highest BCUT2D eigenvalue weighted by atomic mass is 79.9. The third kappa shape index (κ3) is 1.99. The predicted molar refractivity (Wildman–Crippen MR) is 115 cm³/mol. The summed E-state index contributed by atoms with van der Waals surface area (Å²) in [4.78, 5) is 27.7. The summed E-state index contributed by atoms with van der Waals surface area (Å²) in [7, 11) is 0. The first kappa shape index (κ1) is 17.4. The van der Waals surface area contributed by atoms with Crippen LogP contribution in [0.4, 0.5) is 5.69 Å². The molecule has 142 valence electrons. The molecule has 0 radical (unpaired) electrons. The molecular weight excluding hydrogens is 450 g/mol. The van der Waals surface area contributed by atoms with Crippen LogP contribution in [0, 0.1) is 11.8 Å². The number of carbonyl (C=O) groups excluding carboxylic acids is 2. The molecule has 29 heavy (non-hydrogen) atoms. The topological polar surface area (TPSA) is 37.4 Å². The number of hydrogen-bond acceptors (Lipinski definition) is 2. The van der Waals surface area contributed by atoms with Gasteiger partial charge in [0.2, 0.25) is 11.8 Å². The fourth-order valence-electron chi connectivity index (χ4n) is 5.55. The molecule has 0 N–H and O–H groups in total. The molecule has 3 aromatic rings. The number of amides is 2. The Morgan fingerprint density at radius 3 is 1.97 bits per heavy atom. The SMILES string of the molecule is O=C1[C@@H]2C3c4ccccc4C(Cl)(c4ccccc43)[C@@H]2C(=O)N1c1ccccc1Br. The molecule has 2 amide bonds. The number of rotatable bonds is 1. The van der Waals surface area contributed by atoms with Gasteiger partial charge in [0, 0.05) is 10.4 Å². The van der Waals surface area contributed by atoms with Gasteiger partial charge >= 0.3 is 0 Å². The van der Waals surface area contributed by atoms with Crippen LogP contribution in [0.3, 0.4) is 0 Å². The van der Waals surface area contributed by atoms with Crippen LogP contribution in [0.1, 0.15) is 28.2 Å². The van der Waals surface area contributed by atoms with Crippen molar-refractivity contribution in [2.45, 2.75) is 10.8 Å². The molecule has 3 aromatic carbocycles. The zero-order chi connectivity index (χ0) is 19.9. The number of para-hydroxylation sites is 1. The number of imide groups is 1. The highest BCUT2D eigenvalue weighted by molar-refractivity contribution is 9.10. The number of nitrogens with zero attached hydrogens (tertiary/aromatic N) is 1. The lowest BCUT2D eigenvalue weighted by Crippen LogP contribution is -2.50. The molecule has 0 aromatic heterocycles. The minimum absolute atomic E-state index is 0.169. The molecule has 1 saturated heterocycles. The summed E-state index contributed by atoms with van der Waals surface area (Å²) in [6.45, 7) is 0. The summed E-state index contributed by atoms with van der Waals surface area (Å²) in [5.74, 6) is -1.70. The molecule has 1 fully saturated rings. The van der Waals surface area contributed by atoms with Gasteiger partial charge in [0.05, 0.1) is 17.5 Å². The largest absolute Gasteiger partial charge is 0.274 e. The molecule has 3 nitrogen and oxygen atoms in total. The van der Waals surface area contributed by atoms with Crippen molar-refractivity contribution in [1.29, 1.82) is 0 Å². The summed E-state index contributed by atoms with van der Waals surface area (Å²) < 4.78 is 0.714. The Balaban J connectivity index is 1.64. The van der Waals surface area contributed by atoms with Crippen molar-refractivity contribution < 1.29 is 9.59 Å². The molecular formula is C24H15BrClNO2. The third-order valence-corrected chi connectivity index (χ3v) is 7.92. The standard InChI is InChI=1S/C24H15BrClNO2/c25-17-11-5-6-12-18(17)27-22(28)20-19-13-7-1-3-9-15(13)24(26,21(20)23(27)29)16-10-4-2-8-14(16)19/h1-12,19-21H/t19?,20-,21+,24?/m1/s1. The quantitative estimate of drug-likeness (QED) is 0.367. The van der Waals surface area contributed by atoms with Crippen molar-refractivity contribution >= 4 is 45.0 Å². The first-order chi connectivity index (χ1) is 14.0. The van der Waals surface area contributed by atoms with E-state index in [1.165, 1.54) is 4.90 Å². The van der Waals surface area contributed by atoms with Gasteiger partial charge < -0.3 is 0 Å². The van der Waals surface area contributed by atoms with Gasteiger partial charge in [0.1, 0.15) is 4.87 Å². The van der Waals surface area contributed by atoms with Gasteiger partial charge in [-0.2, -0.15) is 0 Å². The van der Waals surface area contributed by atoms with Crippen LogP contribution in [0.25, 0.3) is 0 Å². The van der Waals surface area contributed by atoms with Gasteiger partial charge in [0.15, 0.2) is 0 Å². The number of carbonyl (C=O) groups is 2. The second-order valence-corrected chi connectivity index (χ2v) is 9.28. The van der Waals surface area contributed by atoms with Crippen molar-refractivity contribution in [2.75, 3.05) is 4.90 Å². The first-order valence-electron chi connectivity index (χ1n) is 9.55. The molecule has 0 saturated carbocycles. The van der Waals surface area contributed by atoms with Gasteiger partial charge in [-0.1, -0.05) is 60.7 Å². The van der Waals surface area contributed by atoms with E-state index in [-0.39, 0.29) is 17.7 Å². The minimum Gasteiger partial charge on any atom is -0.274 e. The van der Waals surface area contributed by atoms with Crippen LogP contribution in [0.5, 0.6) is 0 Å². The monoisotopic (exact) mass is 463 g/mol. The summed E-state index contributed by atoms with van der Waals surface area (Å²) >= 11 is 10.9. The van der Waals surface area contributed by atoms with Gasteiger partial charge in [0.25, 0.3) is 0 Å². The van der Waals surface area contributed by atoms with Gasteiger partial charge in [-0.3, -0.25) is 9.59 Å². The molecule has 4 aliphatic rings. The Morgan fingerprint density at radius 2 is 1.34 bits per heavy atom. The van der Waals surface area contributed by atoms with E-state index in [1.807, 2.05) is 66.7 Å². The minimum atomic E-state index is -1.05. The van der Waals surface area contributed by atoms with Crippen LogP contribution < -0.4 is 4.90 Å². The average molecular weight is 465 g/mol. The van der Waals surface area contributed by atoms with Gasteiger partial charge in [-0.25, -0.2) is 4.90 Å². The lowest BCUT2D eigenvalue weighted by Gasteiger charge is -2.50. The average Bonchev–Trinajstić information content (AvgIpc) is 3.01. The predicted octanol–water partition coefficient (Wildman–Crippen LogP) is 5.20. The maximum Gasteiger partial charge on any atom is 0.240 e. The Morgan fingerprint density at radius 1 is 0.793 bits per heavy atom. The van der Waals surface area contributed by atoms with Crippen LogP contribution in [-0.2, 0) is 14.5 Å². The van der Waals surface area contributed by atoms with Gasteiger partial charge in [-0.05, 0) is 50.3 Å². The lowest BCUT2D eigenvalue weighted by atomic mass is 9.54. The molecule has 2 atom stereocenters. The molecule has 1 heterocycles. The van der Waals surface area contributed by atoms with Crippen LogP contribution >= 0.6 is 27.5 Å². The number of hydrogen-bond donors (Lipinski definition) is 0. The maximum absolute atomic E-state index is 13.7. The molecule has 0 unspecified atom stereocenters. The summed E-state index contributed by atoms with van der Waals surface area (Å²) in [5, 5.41) is 0. The Hall–Kier alpha value is -2.43. The second-order valence-electron chi connectivity index (χ2n) is 7.83. The van der Waals surface area contributed by atoms with E-state index in [4.69, 9.17) is 11.6 Å². The lowest BCUT2D eigenvalue weighted by molar-refractivity contribution is -0.122. The number of anilines is 1. The number of halogens is 2. The van der Waals surface area contributed by atoms with E-state index < -0.39 is 16.7 Å². The Kier molecular flexibility index (Phi) is 3.49. The molecule has 7 rings (SSSR count). The van der Waals surface area contributed by atoms with Crippen molar-refractivity contribution in [3.05, 3.63) is 99.5 Å². The van der Waals surface area contributed by atoms with Crippen LogP contribution in [0.2, 0.25) is 0 Å². The van der Waals surface area contributed by atoms with E-state index >= 15 is 0 Å². The van der Waals surface area contributed by atoms with Crippen molar-refractivity contribution in [1.82, 2.24) is 0 Å². The Bertz CT molecular complexity index is 1180. The molecule has 0 spiro atoms. The van der Waals surface area contributed by atoms with Crippen LogP contribution in [0.15, 0.2) is 77.3 Å². The maximum atomic E-state index is 13.7. The summed E-state index contributed by atoms with van der Waals surface area (Å²) in [6, 6.07) is 23.3. The van der Waals surface area contributed by atoms with Crippen molar-refractivity contribution in [3.63, 3.8) is 0 Å². The summed E-state index contributed by atoms with van der Waals surface area (Å²) in [6.07, 6.45) is 0. The van der Waals surface area contributed by atoms with Gasteiger partial charge in [-0.15, -0.1) is 11.6 Å². The fraction of sp³-hybridized carbons (Fsp3) is 0.167. The molecule has 3 aliphatic carbocycles. The normalized spacial score (nSPS) is 28.9. The van der Waals surface area contributed by atoms with Crippen molar-refractivity contribution in [3.8, 4) is 0 Å². The second kappa shape index (κ2) is 5.80. The van der Waals surface area contributed by atoms with E-state index in [2.05, 4.69) is 15.9 Å². The molecule has 2 bridgehead atoms. The Labute approximate surface area is 181 Å². The van der Waals surface area contributed by atoms with E-state index in [0.29, 0.717) is 10.2 Å². The zero-order valence-electron chi connectivity index (χ0n) is 15.2. The van der Waals surface area contributed by atoms with E-state index in [0.717, 1.165) is 22.3 Å². The van der Waals surface area contributed by atoms with E-state index in [1.54, 1.807) is 6.07 Å². The van der Waals surface area contributed by atoms with Crippen molar-refractivity contribution in [2.24, 2.45) is 11.8 Å². The highest BCUT2D eigenvalue weighted by Crippen LogP contribution is 2.66. The molecule has 1 aliphatic heterocycles. The summed E-state index contributed by atoms with van der Waals surface area (Å²) in [5.41, 5.74) is 4.57. The van der Waals surface area contributed by atoms with Crippen LogP contribution in [-0.4, -0.2) is 11.8 Å². The third-order valence-electron chi connectivity index (χ3n) is 6.61. The fourth-order valence-corrected chi connectivity index (χ4v) is 6.59.